The van der Waals surface area contributed by atoms with Crippen LogP contribution in [0.5, 0.6) is 0 Å². The van der Waals surface area contributed by atoms with Gasteiger partial charge in [-0.2, -0.15) is 0 Å². The second kappa shape index (κ2) is 6.49. The van der Waals surface area contributed by atoms with Gasteiger partial charge in [0.25, 0.3) is 0 Å². The van der Waals surface area contributed by atoms with Crippen LogP contribution in [0.2, 0.25) is 10.0 Å². The van der Waals surface area contributed by atoms with Gasteiger partial charge in [0.2, 0.25) is 0 Å². The van der Waals surface area contributed by atoms with E-state index in [4.69, 9.17) is 23.2 Å². The maximum absolute atomic E-state index is 9.80. The number of halogens is 2. The van der Waals surface area contributed by atoms with E-state index in [2.05, 4.69) is 5.32 Å². The quantitative estimate of drug-likeness (QED) is 0.811. The predicted octanol–water partition coefficient (Wildman–Crippen LogP) is 5.22. The molecule has 0 fully saturated rings. The molecule has 2 N–H and O–H groups in total. The summed E-state index contributed by atoms with van der Waals surface area (Å²) < 4.78 is 0. The van der Waals surface area contributed by atoms with Crippen molar-refractivity contribution in [1.29, 1.82) is 0 Å². The van der Waals surface area contributed by atoms with Crippen LogP contribution >= 0.6 is 23.2 Å². The maximum Gasteiger partial charge on any atom is 0.0781 e. The molecule has 0 aliphatic rings. The molecule has 106 valence electrons. The van der Waals surface area contributed by atoms with Crippen LogP contribution in [0.25, 0.3) is 0 Å². The first-order valence-corrected chi connectivity index (χ1v) is 7.23. The highest BCUT2D eigenvalue weighted by Gasteiger charge is 2.13. The van der Waals surface area contributed by atoms with E-state index in [1.807, 2.05) is 37.3 Å². The van der Waals surface area contributed by atoms with Crippen LogP contribution in [0.3, 0.4) is 0 Å². The van der Waals surface area contributed by atoms with Crippen LogP contribution < -0.4 is 5.32 Å². The summed E-state index contributed by atoms with van der Waals surface area (Å²) in [5, 5.41) is 14.5. The molecule has 0 bridgehead atoms. The molecule has 2 rings (SSSR count). The lowest BCUT2D eigenvalue weighted by atomic mass is 10.0. The molecule has 0 aliphatic heterocycles. The van der Waals surface area contributed by atoms with Gasteiger partial charge in [-0.3, -0.25) is 0 Å². The summed E-state index contributed by atoms with van der Waals surface area (Å²) in [5.41, 5.74) is 2.68. The van der Waals surface area contributed by atoms with Gasteiger partial charge in [-0.1, -0.05) is 41.4 Å². The third-order valence-corrected chi connectivity index (χ3v) is 3.79. The standard InChI is InChI=1S/C16H17Cl2NO/c1-10(14-9-12(17)7-8-15(14)18)19-16-6-4-3-5-13(16)11(2)20/h3-11,19-20H,1-2H3. The fraction of sp³-hybridized carbons (Fsp3) is 0.250. The number of aliphatic hydroxyl groups is 1. The maximum atomic E-state index is 9.80. The van der Waals surface area contributed by atoms with E-state index in [-0.39, 0.29) is 6.04 Å². The highest BCUT2D eigenvalue weighted by atomic mass is 35.5. The molecule has 2 atom stereocenters. The molecule has 20 heavy (non-hydrogen) atoms. The molecule has 0 saturated heterocycles. The fourth-order valence-electron chi connectivity index (χ4n) is 2.15. The minimum atomic E-state index is -0.527. The van der Waals surface area contributed by atoms with E-state index in [0.29, 0.717) is 10.0 Å². The van der Waals surface area contributed by atoms with Crippen molar-refractivity contribution in [2.45, 2.75) is 26.0 Å². The van der Waals surface area contributed by atoms with Gasteiger partial charge < -0.3 is 10.4 Å². The highest BCUT2D eigenvalue weighted by molar-refractivity contribution is 6.33. The van der Waals surface area contributed by atoms with Crippen LogP contribution in [0.1, 0.15) is 37.1 Å². The largest absolute Gasteiger partial charge is 0.389 e. The van der Waals surface area contributed by atoms with Crippen LogP contribution in [0.15, 0.2) is 42.5 Å². The SMILES string of the molecule is CC(O)c1ccccc1NC(C)c1cc(Cl)ccc1Cl. The van der Waals surface area contributed by atoms with E-state index in [1.54, 1.807) is 19.1 Å². The number of nitrogens with one attached hydrogen (secondary N) is 1. The zero-order valence-electron chi connectivity index (χ0n) is 11.4. The minimum Gasteiger partial charge on any atom is -0.389 e. The number of para-hydroxylation sites is 1. The number of hydrogen-bond donors (Lipinski definition) is 2. The number of benzene rings is 2. The molecule has 2 unspecified atom stereocenters. The Kier molecular flexibility index (Phi) is 4.92. The number of aliphatic hydroxyl groups excluding tert-OH is 1. The van der Waals surface area contributed by atoms with Gasteiger partial charge >= 0.3 is 0 Å². The highest BCUT2D eigenvalue weighted by Crippen LogP contribution is 2.31. The molecule has 2 nitrogen and oxygen atoms in total. The number of hydrogen-bond acceptors (Lipinski definition) is 2. The summed E-state index contributed by atoms with van der Waals surface area (Å²) in [6.07, 6.45) is -0.527. The normalized spacial score (nSPS) is 13.8. The molecule has 0 radical (unpaired) electrons. The lowest BCUT2D eigenvalue weighted by molar-refractivity contribution is 0.200. The van der Waals surface area contributed by atoms with Crippen molar-refractivity contribution in [2.24, 2.45) is 0 Å². The van der Waals surface area contributed by atoms with Crippen molar-refractivity contribution in [3.8, 4) is 0 Å². The topological polar surface area (TPSA) is 32.3 Å². The Labute approximate surface area is 129 Å². The summed E-state index contributed by atoms with van der Waals surface area (Å²) in [6.45, 7) is 3.76. The molecule has 2 aromatic rings. The average molecular weight is 310 g/mol. The smallest absolute Gasteiger partial charge is 0.0781 e. The Hall–Kier alpha value is -1.22. The van der Waals surface area contributed by atoms with Gasteiger partial charge in [0, 0.05) is 21.3 Å². The van der Waals surface area contributed by atoms with E-state index >= 15 is 0 Å². The first-order chi connectivity index (χ1) is 9.49. The second-order valence-electron chi connectivity index (χ2n) is 4.80. The summed E-state index contributed by atoms with van der Waals surface area (Å²) in [6, 6.07) is 13.1. The average Bonchev–Trinajstić information content (AvgIpc) is 2.41. The lowest BCUT2D eigenvalue weighted by Crippen LogP contribution is -2.10. The van der Waals surface area contributed by atoms with Gasteiger partial charge in [-0.25, -0.2) is 0 Å². The monoisotopic (exact) mass is 309 g/mol. The van der Waals surface area contributed by atoms with Crippen LogP contribution in [0.4, 0.5) is 5.69 Å². The number of anilines is 1. The molecule has 0 saturated carbocycles. The van der Waals surface area contributed by atoms with Crippen molar-refractivity contribution in [2.75, 3.05) is 5.32 Å². The fourth-order valence-corrected chi connectivity index (χ4v) is 2.61. The van der Waals surface area contributed by atoms with Gasteiger partial charge in [0.15, 0.2) is 0 Å². The third-order valence-electron chi connectivity index (χ3n) is 3.21. The van der Waals surface area contributed by atoms with Crippen LogP contribution in [-0.2, 0) is 0 Å². The zero-order valence-corrected chi connectivity index (χ0v) is 12.9. The minimum absolute atomic E-state index is 0.0129. The van der Waals surface area contributed by atoms with Gasteiger partial charge in [-0.15, -0.1) is 0 Å². The van der Waals surface area contributed by atoms with Gasteiger partial charge in [0.05, 0.1) is 12.1 Å². The summed E-state index contributed by atoms with van der Waals surface area (Å²) in [5.74, 6) is 0. The molecule has 0 aliphatic carbocycles. The van der Waals surface area contributed by atoms with E-state index < -0.39 is 6.10 Å². The molecule has 0 aromatic heterocycles. The predicted molar refractivity (Wildman–Crippen MR) is 85.6 cm³/mol. The molecule has 4 heteroatoms. The Morgan fingerprint density at radius 3 is 2.40 bits per heavy atom. The lowest BCUT2D eigenvalue weighted by Gasteiger charge is -2.20. The van der Waals surface area contributed by atoms with Crippen molar-refractivity contribution in [3.63, 3.8) is 0 Å². The second-order valence-corrected chi connectivity index (χ2v) is 5.64. The summed E-state index contributed by atoms with van der Waals surface area (Å²) >= 11 is 12.2. The van der Waals surface area contributed by atoms with E-state index in [1.165, 1.54) is 0 Å². The van der Waals surface area contributed by atoms with Crippen molar-refractivity contribution >= 4 is 28.9 Å². The Morgan fingerprint density at radius 1 is 1.00 bits per heavy atom. The van der Waals surface area contributed by atoms with E-state index in [9.17, 15) is 5.11 Å². The van der Waals surface area contributed by atoms with Crippen molar-refractivity contribution in [3.05, 3.63) is 63.6 Å². The molecular weight excluding hydrogens is 293 g/mol. The van der Waals surface area contributed by atoms with Gasteiger partial charge in [0.1, 0.15) is 0 Å². The molecule has 2 aromatic carbocycles. The molecule has 0 spiro atoms. The third kappa shape index (κ3) is 3.45. The van der Waals surface area contributed by atoms with Gasteiger partial charge in [-0.05, 0) is 43.7 Å². The summed E-state index contributed by atoms with van der Waals surface area (Å²) in [4.78, 5) is 0. The Morgan fingerprint density at radius 2 is 1.70 bits per heavy atom. The molecule has 0 heterocycles. The number of rotatable bonds is 4. The molecule has 0 amide bonds. The zero-order chi connectivity index (χ0) is 14.7. The first kappa shape index (κ1) is 15.2. The summed E-state index contributed by atoms with van der Waals surface area (Å²) in [7, 11) is 0. The first-order valence-electron chi connectivity index (χ1n) is 6.47. The van der Waals surface area contributed by atoms with E-state index in [0.717, 1.165) is 16.8 Å². The van der Waals surface area contributed by atoms with Crippen molar-refractivity contribution < 1.29 is 5.11 Å². The molecular formula is C16H17Cl2NO. The van der Waals surface area contributed by atoms with Crippen LogP contribution in [-0.4, -0.2) is 5.11 Å². The van der Waals surface area contributed by atoms with Crippen LogP contribution in [0, 0.1) is 0 Å². The Balaban J connectivity index is 2.28. The van der Waals surface area contributed by atoms with Crippen molar-refractivity contribution in [1.82, 2.24) is 0 Å². The Bertz CT molecular complexity index is 599.